The Labute approximate surface area is 222 Å². The second-order valence-electron chi connectivity index (χ2n) is 9.94. The lowest BCUT2D eigenvalue weighted by molar-refractivity contribution is -0.128. The van der Waals surface area contributed by atoms with Gasteiger partial charge in [0.2, 0.25) is 31.3 Å². The maximum atomic E-state index is 14.0. The highest BCUT2D eigenvalue weighted by Crippen LogP contribution is 2.53. The summed E-state index contributed by atoms with van der Waals surface area (Å²) in [5.41, 5.74) is 2.76. The molecular formula is C29H21N3O7. The van der Waals surface area contributed by atoms with Crippen LogP contribution in [0.4, 0.5) is 11.4 Å². The quantitative estimate of drug-likeness (QED) is 0.522. The summed E-state index contributed by atoms with van der Waals surface area (Å²) in [6.45, 7) is 0.194. The molecule has 5 heterocycles. The minimum absolute atomic E-state index is 0.0776. The topological polar surface area (TPSA) is 107 Å². The number of rotatable bonds is 3. The smallest absolute Gasteiger partial charge is 0.247 e. The number of ether oxygens (including phenoxy) is 4. The van der Waals surface area contributed by atoms with Gasteiger partial charge < -0.3 is 29.2 Å². The number of nitrogens with one attached hydrogen (secondary N) is 1. The Hall–Kier alpha value is -4.99. The molecule has 5 aliphatic heterocycles. The molecule has 0 aromatic heterocycles. The number of hydrogen-bond donors (Lipinski definition) is 1. The van der Waals surface area contributed by atoms with Crippen molar-refractivity contribution >= 4 is 35.2 Å². The monoisotopic (exact) mass is 523 g/mol. The van der Waals surface area contributed by atoms with Crippen LogP contribution in [0.5, 0.6) is 23.0 Å². The van der Waals surface area contributed by atoms with Crippen molar-refractivity contribution in [3.8, 4) is 23.0 Å². The number of carbonyl (C=O) groups is 3. The van der Waals surface area contributed by atoms with Crippen molar-refractivity contribution in [2.75, 3.05) is 23.8 Å². The zero-order chi connectivity index (χ0) is 26.2. The molecule has 39 heavy (non-hydrogen) atoms. The van der Waals surface area contributed by atoms with Gasteiger partial charge in [-0.05, 0) is 41.5 Å². The van der Waals surface area contributed by atoms with E-state index in [1.165, 1.54) is 4.90 Å². The fourth-order valence-corrected chi connectivity index (χ4v) is 6.33. The predicted molar refractivity (Wildman–Crippen MR) is 137 cm³/mol. The van der Waals surface area contributed by atoms with E-state index in [1.54, 1.807) is 36.4 Å². The molecule has 194 valence electrons. The molecule has 3 amide bonds. The first-order valence-electron chi connectivity index (χ1n) is 12.6. The van der Waals surface area contributed by atoms with Gasteiger partial charge in [-0.3, -0.25) is 14.4 Å². The first-order chi connectivity index (χ1) is 19.1. The average Bonchev–Trinajstić information content (AvgIpc) is 3.72. The molecule has 10 heteroatoms. The Bertz CT molecular complexity index is 1620. The molecule has 1 N–H and O–H groups in total. The molecule has 8 rings (SSSR count). The summed E-state index contributed by atoms with van der Waals surface area (Å²) >= 11 is 0. The number of carbonyl (C=O) groups excluding carboxylic acids is 3. The highest BCUT2D eigenvalue weighted by molar-refractivity contribution is 6.24. The lowest BCUT2D eigenvalue weighted by atomic mass is 9.84. The molecule has 3 aromatic carbocycles. The molecule has 4 atom stereocenters. The number of amides is 3. The Morgan fingerprint density at radius 1 is 0.795 bits per heavy atom. The fraction of sp³-hybridized carbons (Fsp3) is 0.207. The summed E-state index contributed by atoms with van der Waals surface area (Å²) in [6, 6.07) is 16.5. The summed E-state index contributed by atoms with van der Waals surface area (Å²) in [6.07, 6.45) is 3.74. The molecule has 3 aromatic rings. The van der Waals surface area contributed by atoms with E-state index in [4.69, 9.17) is 18.9 Å². The van der Waals surface area contributed by atoms with Crippen LogP contribution in [0.3, 0.4) is 0 Å². The van der Waals surface area contributed by atoms with Crippen molar-refractivity contribution in [3.05, 3.63) is 78.0 Å². The van der Waals surface area contributed by atoms with E-state index in [2.05, 4.69) is 5.32 Å². The van der Waals surface area contributed by atoms with E-state index in [9.17, 15) is 14.4 Å². The van der Waals surface area contributed by atoms with Gasteiger partial charge in [0.25, 0.3) is 0 Å². The van der Waals surface area contributed by atoms with Crippen molar-refractivity contribution in [1.29, 1.82) is 0 Å². The largest absolute Gasteiger partial charge is 0.454 e. The molecule has 0 aliphatic carbocycles. The third-order valence-electron chi connectivity index (χ3n) is 7.98. The van der Waals surface area contributed by atoms with E-state index in [-0.39, 0.29) is 25.4 Å². The lowest BCUT2D eigenvalue weighted by Crippen LogP contribution is -2.46. The molecule has 0 radical (unpaired) electrons. The van der Waals surface area contributed by atoms with Crippen LogP contribution in [0.15, 0.2) is 66.9 Å². The normalized spacial score (nSPS) is 25.0. The summed E-state index contributed by atoms with van der Waals surface area (Å²) in [7, 11) is 0. The SMILES string of the molecule is O=C(Nc1ccc2c(c1)OCO2)[C@@H]1[C@@H]2C(=O)N(c3ccc4c(c3)OCO4)C(=O)[C@@H]2[C@H]2c3ccccc3C=CN12. The van der Waals surface area contributed by atoms with Gasteiger partial charge in [0, 0.05) is 24.0 Å². The minimum Gasteiger partial charge on any atom is -0.454 e. The van der Waals surface area contributed by atoms with Gasteiger partial charge in [0.1, 0.15) is 6.04 Å². The van der Waals surface area contributed by atoms with E-state index in [0.29, 0.717) is 34.4 Å². The van der Waals surface area contributed by atoms with Gasteiger partial charge in [-0.2, -0.15) is 0 Å². The molecule has 0 spiro atoms. The van der Waals surface area contributed by atoms with Gasteiger partial charge in [0.15, 0.2) is 23.0 Å². The van der Waals surface area contributed by atoms with Gasteiger partial charge >= 0.3 is 0 Å². The van der Waals surface area contributed by atoms with E-state index in [0.717, 1.165) is 11.1 Å². The third-order valence-corrected chi connectivity index (χ3v) is 7.98. The Morgan fingerprint density at radius 3 is 2.31 bits per heavy atom. The number of benzene rings is 3. The summed E-state index contributed by atoms with van der Waals surface area (Å²) in [5, 5.41) is 2.94. The third kappa shape index (κ3) is 3.11. The molecule has 2 fully saturated rings. The second-order valence-corrected chi connectivity index (χ2v) is 9.94. The summed E-state index contributed by atoms with van der Waals surface area (Å²) in [4.78, 5) is 45.0. The van der Waals surface area contributed by atoms with Crippen molar-refractivity contribution in [2.45, 2.75) is 12.1 Å². The summed E-state index contributed by atoms with van der Waals surface area (Å²) < 4.78 is 21.7. The van der Waals surface area contributed by atoms with Gasteiger partial charge in [0.05, 0.1) is 23.6 Å². The van der Waals surface area contributed by atoms with Crippen molar-refractivity contribution < 1.29 is 33.3 Å². The highest BCUT2D eigenvalue weighted by atomic mass is 16.7. The maximum absolute atomic E-state index is 14.0. The van der Waals surface area contributed by atoms with Crippen LogP contribution in [0.1, 0.15) is 17.2 Å². The molecular weight excluding hydrogens is 502 g/mol. The zero-order valence-electron chi connectivity index (χ0n) is 20.4. The van der Waals surface area contributed by atoms with Gasteiger partial charge in [-0.25, -0.2) is 4.90 Å². The number of imide groups is 1. The van der Waals surface area contributed by atoms with Crippen LogP contribution in [-0.4, -0.2) is 42.2 Å². The van der Waals surface area contributed by atoms with Crippen LogP contribution in [0, 0.1) is 11.8 Å². The molecule has 0 saturated carbocycles. The Balaban J connectivity index is 1.20. The van der Waals surface area contributed by atoms with E-state index < -0.39 is 29.8 Å². The predicted octanol–water partition coefficient (Wildman–Crippen LogP) is 3.30. The lowest BCUT2D eigenvalue weighted by Gasteiger charge is -2.35. The second kappa shape index (κ2) is 8.00. The van der Waals surface area contributed by atoms with Crippen molar-refractivity contribution in [2.24, 2.45) is 11.8 Å². The summed E-state index contributed by atoms with van der Waals surface area (Å²) in [5.74, 6) is -0.643. The fourth-order valence-electron chi connectivity index (χ4n) is 6.33. The van der Waals surface area contributed by atoms with E-state index >= 15 is 0 Å². The number of nitrogens with zero attached hydrogens (tertiary/aromatic N) is 2. The Morgan fingerprint density at radius 2 is 1.49 bits per heavy atom. The van der Waals surface area contributed by atoms with Crippen molar-refractivity contribution in [3.63, 3.8) is 0 Å². The van der Waals surface area contributed by atoms with Crippen LogP contribution in [-0.2, 0) is 14.4 Å². The zero-order valence-corrected chi connectivity index (χ0v) is 20.4. The van der Waals surface area contributed by atoms with Crippen molar-refractivity contribution in [1.82, 2.24) is 4.90 Å². The molecule has 5 aliphatic rings. The molecule has 10 nitrogen and oxygen atoms in total. The average molecular weight is 524 g/mol. The van der Waals surface area contributed by atoms with E-state index in [1.807, 2.05) is 41.4 Å². The van der Waals surface area contributed by atoms with Crippen LogP contribution < -0.4 is 29.2 Å². The van der Waals surface area contributed by atoms with Crippen LogP contribution in [0.2, 0.25) is 0 Å². The van der Waals surface area contributed by atoms with Gasteiger partial charge in [-0.15, -0.1) is 0 Å². The molecule has 2 saturated heterocycles. The highest BCUT2D eigenvalue weighted by Gasteiger charge is 2.64. The standard InChI is InChI=1S/C29H21N3O7/c33-27(30-16-5-7-19-21(11-16)38-13-36-19)26-24-23(25-18-4-2-1-3-15(18)9-10-31(25)26)28(34)32(29(24)35)17-6-8-20-22(12-17)39-14-37-20/h1-12,23-26H,13-14H2,(H,30,33)/t23-,24+,25+,26-/m0/s1. The first kappa shape index (κ1) is 22.0. The maximum Gasteiger partial charge on any atom is 0.247 e. The van der Waals surface area contributed by atoms with Gasteiger partial charge in [-0.1, -0.05) is 24.3 Å². The number of fused-ring (bicyclic) bond motifs is 7. The minimum atomic E-state index is -0.912. The number of anilines is 2. The van der Waals surface area contributed by atoms with Crippen LogP contribution in [0.25, 0.3) is 6.08 Å². The number of hydrogen-bond acceptors (Lipinski definition) is 8. The molecule has 0 bridgehead atoms. The Kier molecular flexibility index (Phi) is 4.52. The first-order valence-corrected chi connectivity index (χ1v) is 12.6. The van der Waals surface area contributed by atoms with Crippen LogP contribution >= 0.6 is 0 Å². The molecule has 0 unspecified atom stereocenters.